The maximum Gasteiger partial charge on any atom is 0.131 e. The fraction of sp³-hybridized carbons (Fsp3) is 0.176. The summed E-state index contributed by atoms with van der Waals surface area (Å²) in [5, 5.41) is 0. The van der Waals surface area contributed by atoms with Crippen LogP contribution in [0.2, 0.25) is 0 Å². The van der Waals surface area contributed by atoms with E-state index in [1.165, 1.54) is 17.2 Å². The molecular formula is C17H16FN. The Morgan fingerprint density at radius 3 is 2.26 bits per heavy atom. The Bertz CT molecular complexity index is 613. The smallest absolute Gasteiger partial charge is 0.131 e. The van der Waals surface area contributed by atoms with Crippen molar-refractivity contribution in [2.45, 2.75) is 18.9 Å². The highest BCUT2D eigenvalue weighted by Gasteiger charge is 2.13. The lowest BCUT2D eigenvalue weighted by Crippen LogP contribution is -2.11. The number of benzene rings is 2. The Hall–Kier alpha value is -1.93. The lowest BCUT2D eigenvalue weighted by atomic mass is 10.00. The average Bonchev–Trinajstić information content (AvgIpc) is 2.86. The second-order valence-corrected chi connectivity index (χ2v) is 4.95. The van der Waals surface area contributed by atoms with Gasteiger partial charge in [-0.25, -0.2) is 4.39 Å². The minimum absolute atomic E-state index is 0.182. The van der Waals surface area contributed by atoms with E-state index in [0.717, 1.165) is 18.4 Å². The van der Waals surface area contributed by atoms with Gasteiger partial charge in [0.05, 0.1) is 0 Å². The topological polar surface area (TPSA) is 26.0 Å². The number of rotatable bonds is 2. The molecule has 19 heavy (non-hydrogen) atoms. The molecule has 0 aromatic heterocycles. The first-order valence-electron chi connectivity index (χ1n) is 6.55. The zero-order valence-corrected chi connectivity index (χ0v) is 10.6. The summed E-state index contributed by atoms with van der Waals surface area (Å²) in [5.74, 6) is -0.183. The van der Waals surface area contributed by atoms with Crippen molar-refractivity contribution in [1.82, 2.24) is 0 Å². The fourth-order valence-electron chi connectivity index (χ4n) is 2.55. The second-order valence-electron chi connectivity index (χ2n) is 4.95. The first kappa shape index (κ1) is 12.1. The molecule has 96 valence electrons. The average molecular weight is 253 g/mol. The van der Waals surface area contributed by atoms with E-state index >= 15 is 0 Å². The van der Waals surface area contributed by atoms with Crippen molar-refractivity contribution >= 4 is 5.57 Å². The molecule has 1 unspecified atom stereocenters. The van der Waals surface area contributed by atoms with Crippen molar-refractivity contribution < 1.29 is 4.39 Å². The van der Waals surface area contributed by atoms with Gasteiger partial charge in [-0.15, -0.1) is 0 Å². The highest BCUT2D eigenvalue weighted by atomic mass is 19.1. The molecule has 0 heterocycles. The second kappa shape index (κ2) is 4.98. The molecule has 0 fully saturated rings. The lowest BCUT2D eigenvalue weighted by Gasteiger charge is -2.06. The molecule has 0 amide bonds. The van der Waals surface area contributed by atoms with E-state index in [9.17, 15) is 4.39 Å². The molecule has 2 aromatic carbocycles. The molecule has 0 radical (unpaired) electrons. The number of nitrogens with two attached hydrogens (primary N) is 1. The van der Waals surface area contributed by atoms with Gasteiger partial charge in [0, 0.05) is 11.6 Å². The van der Waals surface area contributed by atoms with E-state index in [-0.39, 0.29) is 11.9 Å². The van der Waals surface area contributed by atoms with Gasteiger partial charge in [0.2, 0.25) is 0 Å². The summed E-state index contributed by atoms with van der Waals surface area (Å²) in [5.41, 5.74) is 9.92. The van der Waals surface area contributed by atoms with E-state index in [1.54, 1.807) is 12.1 Å². The van der Waals surface area contributed by atoms with Gasteiger partial charge in [0.15, 0.2) is 0 Å². The summed E-state index contributed by atoms with van der Waals surface area (Å²) in [4.78, 5) is 0. The van der Waals surface area contributed by atoms with Gasteiger partial charge in [-0.05, 0) is 35.6 Å². The summed E-state index contributed by atoms with van der Waals surface area (Å²) in [6.07, 6.45) is 4.17. The molecule has 0 bridgehead atoms. The molecule has 0 saturated heterocycles. The molecule has 1 aliphatic rings. The fourth-order valence-corrected chi connectivity index (χ4v) is 2.55. The van der Waals surface area contributed by atoms with Gasteiger partial charge in [0.1, 0.15) is 5.82 Å². The third-order valence-corrected chi connectivity index (χ3v) is 3.60. The van der Waals surface area contributed by atoms with Crippen LogP contribution < -0.4 is 5.73 Å². The van der Waals surface area contributed by atoms with Crippen molar-refractivity contribution in [2.75, 3.05) is 0 Å². The van der Waals surface area contributed by atoms with Gasteiger partial charge in [-0.3, -0.25) is 0 Å². The predicted molar refractivity (Wildman–Crippen MR) is 77.0 cm³/mol. The summed E-state index contributed by atoms with van der Waals surface area (Å²) in [7, 11) is 0. The van der Waals surface area contributed by atoms with E-state index in [2.05, 4.69) is 6.08 Å². The number of hydrogen-bond acceptors (Lipinski definition) is 1. The van der Waals surface area contributed by atoms with E-state index in [4.69, 9.17) is 5.73 Å². The molecule has 2 heteroatoms. The highest BCUT2D eigenvalue weighted by molar-refractivity contribution is 5.72. The van der Waals surface area contributed by atoms with Gasteiger partial charge in [0.25, 0.3) is 0 Å². The van der Waals surface area contributed by atoms with Crippen molar-refractivity contribution in [1.29, 1.82) is 0 Å². The van der Waals surface area contributed by atoms with Crippen LogP contribution in [-0.4, -0.2) is 6.04 Å². The van der Waals surface area contributed by atoms with Crippen molar-refractivity contribution in [2.24, 2.45) is 5.73 Å². The van der Waals surface area contributed by atoms with Crippen LogP contribution in [0.1, 0.15) is 18.4 Å². The zero-order valence-electron chi connectivity index (χ0n) is 10.6. The normalized spacial score (nSPS) is 18.4. The van der Waals surface area contributed by atoms with Crippen LogP contribution in [0, 0.1) is 5.82 Å². The van der Waals surface area contributed by atoms with Crippen LogP contribution in [0.5, 0.6) is 0 Å². The Morgan fingerprint density at radius 2 is 1.63 bits per heavy atom. The molecule has 3 rings (SSSR count). The maximum absolute atomic E-state index is 13.7. The monoisotopic (exact) mass is 253 g/mol. The van der Waals surface area contributed by atoms with E-state index in [1.807, 2.05) is 30.3 Å². The first-order valence-corrected chi connectivity index (χ1v) is 6.55. The minimum atomic E-state index is -0.183. The highest BCUT2D eigenvalue weighted by Crippen LogP contribution is 2.29. The summed E-state index contributed by atoms with van der Waals surface area (Å²) in [6, 6.07) is 15.1. The van der Waals surface area contributed by atoms with Crippen molar-refractivity contribution in [3.8, 4) is 11.1 Å². The van der Waals surface area contributed by atoms with Crippen LogP contribution >= 0.6 is 0 Å². The lowest BCUT2D eigenvalue weighted by molar-refractivity contribution is 0.631. The molecule has 2 N–H and O–H groups in total. The molecule has 1 aliphatic carbocycles. The number of hydrogen-bond donors (Lipinski definition) is 1. The molecule has 0 saturated carbocycles. The van der Waals surface area contributed by atoms with E-state index < -0.39 is 0 Å². The van der Waals surface area contributed by atoms with E-state index in [0.29, 0.717) is 5.56 Å². The standard InChI is InChI=1S/C17H16FN/c18-17-4-2-1-3-16(17)13-7-5-12(6-8-13)14-9-10-15(19)11-14/h1-8,11,15H,9-10,19H2. The SMILES string of the molecule is NC1C=C(c2ccc(-c3ccccc3F)cc2)CC1. The van der Waals surface area contributed by atoms with Crippen LogP contribution in [0.3, 0.4) is 0 Å². The molecule has 1 nitrogen and oxygen atoms in total. The first-order chi connectivity index (χ1) is 9.24. The predicted octanol–water partition coefficient (Wildman–Crippen LogP) is 4.00. The molecular weight excluding hydrogens is 237 g/mol. The summed E-state index contributed by atoms with van der Waals surface area (Å²) in [6.45, 7) is 0. The van der Waals surface area contributed by atoms with Crippen molar-refractivity contribution in [3.63, 3.8) is 0 Å². The van der Waals surface area contributed by atoms with Crippen LogP contribution in [0.15, 0.2) is 54.6 Å². The largest absolute Gasteiger partial charge is 0.324 e. The Morgan fingerprint density at radius 1 is 0.947 bits per heavy atom. The van der Waals surface area contributed by atoms with Crippen LogP contribution in [-0.2, 0) is 0 Å². The molecule has 2 aromatic rings. The zero-order chi connectivity index (χ0) is 13.2. The maximum atomic E-state index is 13.7. The third kappa shape index (κ3) is 2.45. The molecule has 1 atom stereocenters. The van der Waals surface area contributed by atoms with Crippen LogP contribution in [0.4, 0.5) is 4.39 Å². The Kier molecular flexibility index (Phi) is 3.18. The van der Waals surface area contributed by atoms with Gasteiger partial charge < -0.3 is 5.73 Å². The van der Waals surface area contributed by atoms with Crippen LogP contribution in [0.25, 0.3) is 16.7 Å². The Labute approximate surface area is 112 Å². The summed E-state index contributed by atoms with van der Waals surface area (Å²) < 4.78 is 13.7. The quantitative estimate of drug-likeness (QED) is 0.860. The Balaban J connectivity index is 1.92. The number of allylic oxidation sites excluding steroid dienone is 1. The van der Waals surface area contributed by atoms with Gasteiger partial charge in [-0.2, -0.15) is 0 Å². The molecule has 0 aliphatic heterocycles. The number of halogens is 1. The summed E-state index contributed by atoms with van der Waals surface area (Å²) >= 11 is 0. The minimum Gasteiger partial charge on any atom is -0.324 e. The van der Waals surface area contributed by atoms with Crippen molar-refractivity contribution in [3.05, 3.63) is 66.0 Å². The third-order valence-electron chi connectivity index (χ3n) is 3.60. The van der Waals surface area contributed by atoms with Gasteiger partial charge in [-0.1, -0.05) is 48.5 Å². The molecule has 0 spiro atoms. The van der Waals surface area contributed by atoms with Gasteiger partial charge >= 0.3 is 0 Å².